The van der Waals surface area contributed by atoms with Crippen LogP contribution in [0.1, 0.15) is 5.56 Å². The molecular weight excluding hydrogens is 238 g/mol. The first-order valence-electron chi connectivity index (χ1n) is 4.94. The predicted octanol–water partition coefficient (Wildman–Crippen LogP) is 1.13. The van der Waals surface area contributed by atoms with Crippen molar-refractivity contribution >= 4 is 23.5 Å². The number of hydrogen-bond donors (Lipinski definition) is 2. The second kappa shape index (κ2) is 6.70. The first-order valence-corrected chi connectivity index (χ1v) is 5.35. The number of hydrogen-bond acceptors (Lipinski definition) is 4. The molecule has 5 nitrogen and oxygen atoms in total. The highest BCUT2D eigenvalue weighted by molar-refractivity contribution is 7.80. The third-order valence-electron chi connectivity index (χ3n) is 2.03. The molecule has 92 valence electrons. The molecule has 0 aliphatic carbocycles. The zero-order valence-corrected chi connectivity index (χ0v) is 10.8. The lowest BCUT2D eigenvalue weighted by atomic mass is 10.2. The average molecular weight is 253 g/mol. The molecule has 0 saturated carbocycles. The van der Waals surface area contributed by atoms with E-state index in [0.29, 0.717) is 16.6 Å². The van der Waals surface area contributed by atoms with Crippen LogP contribution in [-0.2, 0) is 0 Å². The molecule has 6 heteroatoms. The van der Waals surface area contributed by atoms with Crippen LogP contribution in [0.3, 0.4) is 0 Å². The van der Waals surface area contributed by atoms with E-state index < -0.39 is 0 Å². The summed E-state index contributed by atoms with van der Waals surface area (Å²) in [6.45, 7) is 0. The first kappa shape index (κ1) is 13.2. The summed E-state index contributed by atoms with van der Waals surface area (Å²) in [4.78, 5) is 0. The van der Waals surface area contributed by atoms with Gasteiger partial charge >= 0.3 is 0 Å². The molecule has 0 aliphatic heterocycles. The van der Waals surface area contributed by atoms with Crippen LogP contribution >= 0.6 is 12.2 Å². The maximum atomic E-state index is 5.26. The Labute approximate surface area is 106 Å². The normalized spacial score (nSPS) is 10.1. The molecule has 1 aromatic rings. The van der Waals surface area contributed by atoms with Crippen molar-refractivity contribution in [1.82, 2.24) is 10.7 Å². The Morgan fingerprint density at radius 3 is 2.71 bits per heavy atom. The lowest BCUT2D eigenvalue weighted by molar-refractivity contribution is 0.354. The molecule has 0 aromatic heterocycles. The number of para-hydroxylation sites is 1. The molecule has 1 rings (SSSR count). The minimum Gasteiger partial charge on any atom is -0.493 e. The monoisotopic (exact) mass is 253 g/mol. The van der Waals surface area contributed by atoms with E-state index in [0.717, 1.165) is 5.56 Å². The fraction of sp³-hybridized carbons (Fsp3) is 0.273. The van der Waals surface area contributed by atoms with Crippen LogP contribution in [0.4, 0.5) is 0 Å². The summed E-state index contributed by atoms with van der Waals surface area (Å²) in [5, 5.41) is 7.18. The molecule has 0 radical (unpaired) electrons. The van der Waals surface area contributed by atoms with Crippen LogP contribution < -0.4 is 20.2 Å². The van der Waals surface area contributed by atoms with E-state index in [2.05, 4.69) is 15.8 Å². The Bertz CT molecular complexity index is 421. The van der Waals surface area contributed by atoms with Gasteiger partial charge in [0.05, 0.1) is 20.4 Å². The fourth-order valence-corrected chi connectivity index (χ4v) is 1.28. The fourth-order valence-electron chi connectivity index (χ4n) is 1.23. The lowest BCUT2D eigenvalue weighted by Gasteiger charge is -2.09. The summed E-state index contributed by atoms with van der Waals surface area (Å²) < 4.78 is 10.4. The summed E-state index contributed by atoms with van der Waals surface area (Å²) in [6, 6.07) is 5.55. The highest BCUT2D eigenvalue weighted by atomic mass is 32.1. The molecule has 0 saturated heterocycles. The number of ether oxygens (including phenoxy) is 2. The molecule has 0 amide bonds. The van der Waals surface area contributed by atoms with Crippen LogP contribution in [0, 0.1) is 0 Å². The van der Waals surface area contributed by atoms with Gasteiger partial charge in [0.2, 0.25) is 0 Å². The van der Waals surface area contributed by atoms with Gasteiger partial charge in [-0.3, -0.25) is 5.43 Å². The second-order valence-corrected chi connectivity index (χ2v) is 3.44. The SMILES string of the molecule is CNC(=S)N/N=C/c1cccc(OC)c1OC. The number of hydrazone groups is 1. The Morgan fingerprint density at radius 2 is 2.12 bits per heavy atom. The molecule has 0 aliphatic rings. The molecule has 0 bridgehead atoms. The lowest BCUT2D eigenvalue weighted by Crippen LogP contribution is -2.28. The van der Waals surface area contributed by atoms with Gasteiger partial charge in [0.25, 0.3) is 0 Å². The van der Waals surface area contributed by atoms with Crippen LogP contribution in [0.15, 0.2) is 23.3 Å². The van der Waals surface area contributed by atoms with Crippen molar-refractivity contribution in [3.05, 3.63) is 23.8 Å². The standard InChI is InChI=1S/C11H15N3O2S/c1-12-11(17)14-13-7-8-5-4-6-9(15-2)10(8)16-3/h4-7H,1-3H3,(H2,12,14,17)/b13-7+. The Balaban J connectivity index is 2.86. The third kappa shape index (κ3) is 3.60. The number of nitrogens with zero attached hydrogens (tertiary/aromatic N) is 1. The van der Waals surface area contributed by atoms with Gasteiger partial charge in [0, 0.05) is 12.6 Å². The minimum atomic E-state index is 0.447. The van der Waals surface area contributed by atoms with Crippen LogP contribution in [0.5, 0.6) is 11.5 Å². The van der Waals surface area contributed by atoms with E-state index in [-0.39, 0.29) is 0 Å². The summed E-state index contributed by atoms with van der Waals surface area (Å²) in [5.74, 6) is 1.29. The molecular formula is C11H15N3O2S. The third-order valence-corrected chi connectivity index (χ3v) is 2.33. The first-order chi connectivity index (χ1) is 8.22. The number of methoxy groups -OCH3 is 2. The van der Waals surface area contributed by atoms with E-state index in [9.17, 15) is 0 Å². The maximum Gasteiger partial charge on any atom is 0.186 e. The topological polar surface area (TPSA) is 54.9 Å². The number of rotatable bonds is 4. The van der Waals surface area contributed by atoms with Crippen molar-refractivity contribution in [3.63, 3.8) is 0 Å². The van der Waals surface area contributed by atoms with Crippen molar-refractivity contribution < 1.29 is 9.47 Å². The number of thiocarbonyl (C=S) groups is 1. The summed E-state index contributed by atoms with van der Waals surface area (Å²) in [5.41, 5.74) is 3.47. The van der Waals surface area contributed by atoms with Crippen molar-refractivity contribution in [3.8, 4) is 11.5 Å². The Kier molecular flexibility index (Phi) is 5.22. The molecule has 0 atom stereocenters. The second-order valence-electron chi connectivity index (χ2n) is 3.03. The molecule has 0 heterocycles. The van der Waals surface area contributed by atoms with Crippen LogP contribution in [0.2, 0.25) is 0 Å². The van der Waals surface area contributed by atoms with Crippen molar-refractivity contribution in [2.45, 2.75) is 0 Å². The van der Waals surface area contributed by atoms with Gasteiger partial charge in [-0.05, 0) is 24.4 Å². The number of nitrogens with one attached hydrogen (secondary N) is 2. The average Bonchev–Trinajstić information content (AvgIpc) is 2.37. The maximum absolute atomic E-state index is 5.26. The van der Waals surface area contributed by atoms with Crippen LogP contribution in [0.25, 0.3) is 0 Å². The van der Waals surface area contributed by atoms with Crippen molar-refractivity contribution in [2.75, 3.05) is 21.3 Å². The smallest absolute Gasteiger partial charge is 0.186 e. The number of benzene rings is 1. The van der Waals surface area contributed by atoms with E-state index in [1.165, 1.54) is 0 Å². The molecule has 17 heavy (non-hydrogen) atoms. The summed E-state index contributed by atoms with van der Waals surface area (Å²) in [6.07, 6.45) is 1.62. The summed E-state index contributed by atoms with van der Waals surface area (Å²) >= 11 is 4.89. The van der Waals surface area contributed by atoms with Crippen LogP contribution in [-0.4, -0.2) is 32.6 Å². The van der Waals surface area contributed by atoms with E-state index in [4.69, 9.17) is 21.7 Å². The van der Waals surface area contributed by atoms with Gasteiger partial charge in [-0.1, -0.05) is 6.07 Å². The predicted molar refractivity (Wildman–Crippen MR) is 71.9 cm³/mol. The van der Waals surface area contributed by atoms with Gasteiger partial charge in [0.1, 0.15) is 0 Å². The van der Waals surface area contributed by atoms with Crippen molar-refractivity contribution in [2.24, 2.45) is 5.10 Å². The molecule has 2 N–H and O–H groups in total. The van der Waals surface area contributed by atoms with E-state index >= 15 is 0 Å². The molecule has 0 unspecified atom stereocenters. The van der Waals surface area contributed by atoms with Gasteiger partial charge in [-0.15, -0.1) is 0 Å². The Hall–Kier alpha value is -1.82. The van der Waals surface area contributed by atoms with E-state index in [1.807, 2.05) is 18.2 Å². The van der Waals surface area contributed by atoms with Gasteiger partial charge in [-0.2, -0.15) is 5.10 Å². The van der Waals surface area contributed by atoms with Gasteiger partial charge < -0.3 is 14.8 Å². The summed E-state index contributed by atoms with van der Waals surface area (Å²) in [7, 11) is 4.89. The molecule has 0 fully saturated rings. The largest absolute Gasteiger partial charge is 0.493 e. The molecule has 1 aromatic carbocycles. The Morgan fingerprint density at radius 1 is 1.35 bits per heavy atom. The quantitative estimate of drug-likeness (QED) is 0.478. The van der Waals surface area contributed by atoms with Gasteiger partial charge in [-0.25, -0.2) is 0 Å². The molecule has 0 spiro atoms. The highest BCUT2D eigenvalue weighted by Crippen LogP contribution is 2.29. The zero-order chi connectivity index (χ0) is 12.7. The minimum absolute atomic E-state index is 0.447. The zero-order valence-electron chi connectivity index (χ0n) is 9.98. The highest BCUT2D eigenvalue weighted by Gasteiger charge is 2.06. The van der Waals surface area contributed by atoms with Gasteiger partial charge in [0.15, 0.2) is 16.6 Å². The van der Waals surface area contributed by atoms with E-state index in [1.54, 1.807) is 27.5 Å². The van der Waals surface area contributed by atoms with Crippen molar-refractivity contribution in [1.29, 1.82) is 0 Å².